The van der Waals surface area contributed by atoms with E-state index in [2.05, 4.69) is 31.1 Å². The Bertz CT molecular complexity index is 1360. The number of anilines is 1. The number of aromatic nitrogens is 3. The first kappa shape index (κ1) is 22.6. The zero-order chi connectivity index (χ0) is 24.2. The molecule has 1 amide bonds. The van der Waals surface area contributed by atoms with Gasteiger partial charge in [0.25, 0.3) is 5.91 Å². The number of pyridine rings is 1. The number of fused-ring (bicyclic) bond motifs is 3. The SMILES string of the molecule is COC(=O)CNC(=O)c1c(OCc2ccccc2)c2cccc(N3CCCCC3)c2c2ncnn12. The lowest BCUT2D eigenvalue weighted by Gasteiger charge is -2.30. The zero-order valence-electron chi connectivity index (χ0n) is 19.6. The van der Waals surface area contributed by atoms with Gasteiger partial charge in [-0.1, -0.05) is 42.5 Å². The predicted molar refractivity (Wildman–Crippen MR) is 132 cm³/mol. The third-order valence-corrected chi connectivity index (χ3v) is 6.24. The van der Waals surface area contributed by atoms with Crippen molar-refractivity contribution in [3.63, 3.8) is 0 Å². The molecule has 2 aromatic carbocycles. The van der Waals surface area contributed by atoms with Gasteiger partial charge in [-0.25, -0.2) is 9.50 Å². The summed E-state index contributed by atoms with van der Waals surface area (Å²) in [5.41, 5.74) is 2.76. The number of piperidine rings is 1. The summed E-state index contributed by atoms with van der Waals surface area (Å²) in [5.74, 6) is -0.657. The molecule has 0 bridgehead atoms. The highest BCUT2D eigenvalue weighted by atomic mass is 16.5. The highest BCUT2D eigenvalue weighted by Gasteiger charge is 2.26. The second-order valence-electron chi connectivity index (χ2n) is 8.45. The lowest BCUT2D eigenvalue weighted by molar-refractivity contribution is -0.139. The Morgan fingerprint density at radius 3 is 2.60 bits per heavy atom. The number of amides is 1. The van der Waals surface area contributed by atoms with Crippen LogP contribution in [0.1, 0.15) is 35.3 Å². The molecule has 1 aliphatic heterocycles. The molecule has 9 heteroatoms. The van der Waals surface area contributed by atoms with Crippen LogP contribution in [0.3, 0.4) is 0 Å². The summed E-state index contributed by atoms with van der Waals surface area (Å²) in [5, 5.41) is 8.65. The Labute approximate surface area is 202 Å². The molecule has 0 saturated carbocycles. The van der Waals surface area contributed by atoms with Crippen molar-refractivity contribution in [1.82, 2.24) is 19.9 Å². The second-order valence-corrected chi connectivity index (χ2v) is 8.45. The Morgan fingerprint density at radius 1 is 1.03 bits per heavy atom. The van der Waals surface area contributed by atoms with Gasteiger partial charge in [0, 0.05) is 24.2 Å². The van der Waals surface area contributed by atoms with Gasteiger partial charge < -0.3 is 19.7 Å². The Balaban J connectivity index is 1.68. The number of hydrogen-bond donors (Lipinski definition) is 1. The van der Waals surface area contributed by atoms with E-state index in [0.717, 1.165) is 48.0 Å². The number of ether oxygens (including phenoxy) is 2. The van der Waals surface area contributed by atoms with Gasteiger partial charge in [0.1, 0.15) is 19.5 Å². The molecule has 1 saturated heterocycles. The smallest absolute Gasteiger partial charge is 0.325 e. The molecule has 0 spiro atoms. The van der Waals surface area contributed by atoms with E-state index >= 15 is 0 Å². The standard InChI is InChI=1S/C26H27N5O4/c1-34-21(32)15-27-26(33)23-24(35-16-18-9-4-2-5-10-18)19-11-8-12-20(30-13-6-3-7-14-30)22(19)25-28-17-29-31(23)25/h2,4-5,8-12,17H,3,6-7,13-16H2,1H3,(H,27,33). The van der Waals surface area contributed by atoms with E-state index in [1.54, 1.807) is 0 Å². The van der Waals surface area contributed by atoms with Crippen LogP contribution in [0.25, 0.3) is 16.4 Å². The summed E-state index contributed by atoms with van der Waals surface area (Å²) in [6, 6.07) is 15.8. The molecule has 9 nitrogen and oxygen atoms in total. The quantitative estimate of drug-likeness (QED) is 0.411. The Morgan fingerprint density at radius 2 is 1.83 bits per heavy atom. The minimum atomic E-state index is -0.548. The third-order valence-electron chi connectivity index (χ3n) is 6.24. The molecule has 3 heterocycles. The van der Waals surface area contributed by atoms with Crippen LogP contribution in [0.15, 0.2) is 54.9 Å². The van der Waals surface area contributed by atoms with E-state index in [1.165, 1.54) is 24.4 Å². The topological polar surface area (TPSA) is 98.1 Å². The molecule has 180 valence electrons. The lowest BCUT2D eigenvalue weighted by Crippen LogP contribution is -2.32. The third kappa shape index (κ3) is 4.49. The van der Waals surface area contributed by atoms with Crippen LogP contribution in [0, 0.1) is 0 Å². The summed E-state index contributed by atoms with van der Waals surface area (Å²) < 4.78 is 12.5. The van der Waals surface area contributed by atoms with Crippen molar-refractivity contribution in [1.29, 1.82) is 0 Å². The molecule has 2 aromatic heterocycles. The first-order chi connectivity index (χ1) is 17.2. The van der Waals surface area contributed by atoms with Crippen LogP contribution >= 0.6 is 0 Å². The van der Waals surface area contributed by atoms with Crippen LogP contribution in [-0.2, 0) is 16.1 Å². The van der Waals surface area contributed by atoms with Crippen LogP contribution < -0.4 is 15.0 Å². The molecule has 0 aliphatic carbocycles. The van der Waals surface area contributed by atoms with Gasteiger partial charge in [-0.2, -0.15) is 5.10 Å². The Hall–Kier alpha value is -4.14. The summed E-state index contributed by atoms with van der Waals surface area (Å²) in [7, 11) is 1.27. The number of esters is 1. The molecule has 1 fully saturated rings. The fourth-order valence-electron chi connectivity index (χ4n) is 4.55. The maximum Gasteiger partial charge on any atom is 0.325 e. The molecule has 35 heavy (non-hydrogen) atoms. The molecule has 1 aliphatic rings. The monoisotopic (exact) mass is 473 g/mol. The average Bonchev–Trinajstić information content (AvgIpc) is 3.40. The van der Waals surface area contributed by atoms with Crippen LogP contribution in [0.4, 0.5) is 5.69 Å². The Kier molecular flexibility index (Phi) is 6.47. The van der Waals surface area contributed by atoms with Crippen molar-refractivity contribution in [3.8, 4) is 5.75 Å². The van der Waals surface area contributed by atoms with Gasteiger partial charge in [-0.15, -0.1) is 0 Å². The molecular formula is C26H27N5O4. The van der Waals surface area contributed by atoms with E-state index in [9.17, 15) is 9.59 Å². The summed E-state index contributed by atoms with van der Waals surface area (Å²) in [6.45, 7) is 1.92. The van der Waals surface area contributed by atoms with Crippen LogP contribution in [0.2, 0.25) is 0 Å². The number of hydrogen-bond acceptors (Lipinski definition) is 7. The van der Waals surface area contributed by atoms with Crippen molar-refractivity contribution in [2.24, 2.45) is 0 Å². The maximum absolute atomic E-state index is 13.3. The van der Waals surface area contributed by atoms with Crippen LogP contribution in [-0.4, -0.2) is 53.2 Å². The number of benzene rings is 2. The van der Waals surface area contributed by atoms with Gasteiger partial charge in [0.2, 0.25) is 0 Å². The summed E-state index contributed by atoms with van der Waals surface area (Å²) >= 11 is 0. The minimum absolute atomic E-state index is 0.181. The van der Waals surface area contributed by atoms with E-state index in [0.29, 0.717) is 11.4 Å². The first-order valence-corrected chi connectivity index (χ1v) is 11.7. The number of carbonyl (C=O) groups is 2. The molecule has 0 radical (unpaired) electrons. The molecule has 0 unspecified atom stereocenters. The van der Waals surface area contributed by atoms with E-state index < -0.39 is 11.9 Å². The summed E-state index contributed by atoms with van der Waals surface area (Å²) in [6.07, 6.45) is 4.91. The van der Waals surface area contributed by atoms with Gasteiger partial charge >= 0.3 is 5.97 Å². The number of methoxy groups -OCH3 is 1. The van der Waals surface area contributed by atoms with E-state index in [1.807, 2.05) is 42.5 Å². The van der Waals surface area contributed by atoms with E-state index in [4.69, 9.17) is 4.74 Å². The molecule has 5 rings (SSSR count). The highest BCUT2D eigenvalue weighted by Crippen LogP contribution is 2.39. The van der Waals surface area contributed by atoms with Gasteiger partial charge in [-0.05, 0) is 30.9 Å². The fourth-order valence-corrected chi connectivity index (χ4v) is 4.55. The van der Waals surface area contributed by atoms with Crippen molar-refractivity contribution in [2.45, 2.75) is 25.9 Å². The highest BCUT2D eigenvalue weighted by molar-refractivity contribution is 6.11. The van der Waals surface area contributed by atoms with Crippen molar-refractivity contribution >= 4 is 34.0 Å². The zero-order valence-corrected chi connectivity index (χ0v) is 19.6. The van der Waals surface area contributed by atoms with Gasteiger partial charge in [0.05, 0.1) is 12.5 Å². The average molecular weight is 474 g/mol. The number of carbonyl (C=O) groups excluding carboxylic acids is 2. The van der Waals surface area contributed by atoms with Gasteiger partial charge in [-0.3, -0.25) is 9.59 Å². The van der Waals surface area contributed by atoms with Crippen LogP contribution in [0.5, 0.6) is 5.75 Å². The minimum Gasteiger partial charge on any atom is -0.486 e. The van der Waals surface area contributed by atoms with Crippen molar-refractivity contribution in [3.05, 3.63) is 66.1 Å². The molecule has 0 atom stereocenters. The van der Waals surface area contributed by atoms with E-state index in [-0.39, 0.29) is 18.8 Å². The summed E-state index contributed by atoms with van der Waals surface area (Å²) in [4.78, 5) is 31.9. The molecular weight excluding hydrogens is 446 g/mol. The normalized spacial score (nSPS) is 13.7. The lowest BCUT2D eigenvalue weighted by atomic mass is 10.0. The van der Waals surface area contributed by atoms with Gasteiger partial charge in [0.15, 0.2) is 17.1 Å². The fraction of sp³-hybridized carbons (Fsp3) is 0.308. The largest absolute Gasteiger partial charge is 0.486 e. The number of nitrogens with zero attached hydrogens (tertiary/aromatic N) is 4. The molecule has 1 N–H and O–H groups in total. The van der Waals surface area contributed by atoms with Crippen molar-refractivity contribution in [2.75, 3.05) is 31.6 Å². The predicted octanol–water partition coefficient (Wildman–Crippen LogP) is 3.35. The first-order valence-electron chi connectivity index (χ1n) is 11.7. The maximum atomic E-state index is 13.3. The number of rotatable bonds is 7. The molecule has 4 aromatic rings. The van der Waals surface area contributed by atoms with Crippen molar-refractivity contribution < 1.29 is 19.1 Å². The second kappa shape index (κ2) is 10.0. The number of nitrogens with one attached hydrogen (secondary N) is 1.